The molecule has 0 saturated heterocycles. The molecule has 0 aliphatic carbocycles. The van der Waals surface area contributed by atoms with Gasteiger partial charge < -0.3 is 5.11 Å². The largest absolute Gasteiger partial charge is 0.481 e. The van der Waals surface area contributed by atoms with Gasteiger partial charge in [0.2, 0.25) is 0 Å². The smallest absolute Gasteiger partial charge is 0.303 e. The first-order chi connectivity index (χ1) is 11.9. The van der Waals surface area contributed by atoms with Crippen molar-refractivity contribution in [3.05, 3.63) is 38.6 Å². The maximum absolute atomic E-state index is 13.2. The van der Waals surface area contributed by atoms with Gasteiger partial charge in [0.1, 0.15) is 10.7 Å². The van der Waals surface area contributed by atoms with Crippen LogP contribution in [0, 0.1) is 6.92 Å². The second-order valence-electron chi connectivity index (χ2n) is 6.27. The fourth-order valence-electron chi connectivity index (χ4n) is 2.97. The molecule has 3 rings (SSSR count). The molecule has 0 unspecified atom stereocenters. The molecule has 0 aromatic carbocycles. The van der Waals surface area contributed by atoms with Gasteiger partial charge in [-0.15, -0.1) is 22.7 Å². The molecule has 1 N–H and O–H groups in total. The van der Waals surface area contributed by atoms with E-state index in [1.807, 2.05) is 38.3 Å². The summed E-state index contributed by atoms with van der Waals surface area (Å²) in [6, 6.07) is 3.99. The maximum Gasteiger partial charge on any atom is 0.303 e. The Morgan fingerprint density at radius 3 is 2.76 bits per heavy atom. The molecule has 0 spiro atoms. The third kappa shape index (κ3) is 3.39. The summed E-state index contributed by atoms with van der Waals surface area (Å²) in [5.74, 6) is -0.0322. The molecule has 3 heterocycles. The average molecular weight is 377 g/mol. The molecule has 0 aliphatic heterocycles. The summed E-state index contributed by atoms with van der Waals surface area (Å²) in [4.78, 5) is 31.7. The Labute approximate surface area is 153 Å². The molecule has 3 aromatic heterocycles. The molecule has 132 valence electrons. The van der Waals surface area contributed by atoms with Crippen LogP contribution in [0.25, 0.3) is 20.7 Å². The predicted molar refractivity (Wildman–Crippen MR) is 103 cm³/mol. The molecular formula is C18H20N2O3S2. The van der Waals surface area contributed by atoms with Crippen LogP contribution < -0.4 is 5.56 Å². The lowest BCUT2D eigenvalue weighted by Gasteiger charge is -2.14. The Bertz CT molecular complexity index is 969. The van der Waals surface area contributed by atoms with Crippen LogP contribution >= 0.6 is 22.7 Å². The quantitative estimate of drug-likeness (QED) is 0.688. The Kier molecular flexibility index (Phi) is 5.06. The number of hydrogen-bond acceptors (Lipinski definition) is 5. The fourth-order valence-corrected chi connectivity index (χ4v) is 4.91. The summed E-state index contributed by atoms with van der Waals surface area (Å²) < 4.78 is 1.67. The van der Waals surface area contributed by atoms with E-state index >= 15 is 0 Å². The van der Waals surface area contributed by atoms with E-state index < -0.39 is 5.97 Å². The minimum Gasteiger partial charge on any atom is -0.481 e. The molecule has 3 aromatic rings. The van der Waals surface area contributed by atoms with E-state index in [1.165, 1.54) is 0 Å². The zero-order valence-electron chi connectivity index (χ0n) is 14.4. The van der Waals surface area contributed by atoms with Gasteiger partial charge in [0, 0.05) is 34.2 Å². The number of carboxylic acid groups (broad SMARTS) is 1. The van der Waals surface area contributed by atoms with E-state index in [-0.39, 0.29) is 17.9 Å². The van der Waals surface area contributed by atoms with Gasteiger partial charge in [0.15, 0.2) is 0 Å². The predicted octanol–water partition coefficient (Wildman–Crippen LogP) is 4.48. The van der Waals surface area contributed by atoms with Crippen molar-refractivity contribution in [3.8, 4) is 10.4 Å². The lowest BCUT2D eigenvalue weighted by molar-refractivity contribution is -0.137. The van der Waals surface area contributed by atoms with Gasteiger partial charge in [0.05, 0.1) is 5.39 Å². The number of carbonyl (C=O) groups is 1. The van der Waals surface area contributed by atoms with Gasteiger partial charge in [-0.2, -0.15) is 0 Å². The first-order valence-corrected chi connectivity index (χ1v) is 9.89. The summed E-state index contributed by atoms with van der Waals surface area (Å²) in [6.45, 7) is 6.40. The number of carboxylic acids is 1. The number of hydrogen-bond donors (Lipinski definition) is 1. The van der Waals surface area contributed by atoms with Crippen molar-refractivity contribution in [1.29, 1.82) is 0 Å². The van der Waals surface area contributed by atoms with E-state index in [4.69, 9.17) is 10.1 Å². The number of thiophene rings is 2. The zero-order chi connectivity index (χ0) is 18.1. The van der Waals surface area contributed by atoms with Gasteiger partial charge in [-0.1, -0.05) is 19.9 Å². The van der Waals surface area contributed by atoms with E-state index in [2.05, 4.69) is 0 Å². The first kappa shape index (κ1) is 17.8. The SMILES string of the molecule is Cc1sc2nc(C(C)C)n(CCCC(=O)O)c(=O)c2c1-c1cccs1. The van der Waals surface area contributed by atoms with E-state index in [0.29, 0.717) is 18.4 Å². The molecule has 0 fully saturated rings. The van der Waals surface area contributed by atoms with Gasteiger partial charge in [-0.3, -0.25) is 14.2 Å². The average Bonchev–Trinajstić information content (AvgIpc) is 3.15. The number of aryl methyl sites for hydroxylation is 1. The van der Waals surface area contributed by atoms with Crippen LogP contribution in [0.2, 0.25) is 0 Å². The number of nitrogens with zero attached hydrogens (tertiary/aromatic N) is 2. The molecule has 0 amide bonds. The molecule has 0 radical (unpaired) electrons. The Hall–Kier alpha value is -1.99. The van der Waals surface area contributed by atoms with Crippen molar-refractivity contribution in [2.45, 2.75) is 46.1 Å². The third-order valence-corrected chi connectivity index (χ3v) is 5.96. The highest BCUT2D eigenvalue weighted by atomic mass is 32.1. The number of rotatable bonds is 6. The minimum absolute atomic E-state index is 0.0441. The summed E-state index contributed by atoms with van der Waals surface area (Å²) in [5, 5.41) is 11.5. The highest BCUT2D eigenvalue weighted by Crippen LogP contribution is 2.38. The zero-order valence-corrected chi connectivity index (χ0v) is 16.0. The molecule has 0 bridgehead atoms. The first-order valence-electron chi connectivity index (χ1n) is 8.19. The summed E-state index contributed by atoms with van der Waals surface area (Å²) in [5.41, 5.74) is 0.904. The van der Waals surface area contributed by atoms with Crippen LogP contribution in [0.1, 0.15) is 43.3 Å². The van der Waals surface area contributed by atoms with Crippen molar-refractivity contribution >= 4 is 38.9 Å². The summed E-state index contributed by atoms with van der Waals surface area (Å²) >= 11 is 3.16. The lowest BCUT2D eigenvalue weighted by Crippen LogP contribution is -2.26. The fraction of sp³-hybridized carbons (Fsp3) is 0.389. The summed E-state index contributed by atoms with van der Waals surface area (Å²) in [7, 11) is 0. The standard InChI is InChI=1S/C18H20N2O3S2/c1-10(2)16-19-17-15(18(23)20(16)8-4-7-13(21)22)14(11(3)25-17)12-6-5-9-24-12/h5-6,9-10H,4,7-8H2,1-3H3,(H,21,22). The molecule has 5 nitrogen and oxygen atoms in total. The van der Waals surface area contributed by atoms with Crippen LogP contribution in [0.15, 0.2) is 22.3 Å². The molecule has 0 aliphatic rings. The Morgan fingerprint density at radius 2 is 2.16 bits per heavy atom. The second-order valence-corrected chi connectivity index (χ2v) is 8.42. The van der Waals surface area contributed by atoms with Crippen molar-refractivity contribution in [3.63, 3.8) is 0 Å². The van der Waals surface area contributed by atoms with E-state index in [0.717, 1.165) is 26.0 Å². The molecule has 0 atom stereocenters. The number of aromatic nitrogens is 2. The van der Waals surface area contributed by atoms with Crippen LogP contribution in [-0.4, -0.2) is 20.6 Å². The molecule has 25 heavy (non-hydrogen) atoms. The molecular weight excluding hydrogens is 356 g/mol. The third-order valence-electron chi connectivity index (χ3n) is 4.07. The number of fused-ring (bicyclic) bond motifs is 1. The van der Waals surface area contributed by atoms with Crippen molar-refractivity contribution < 1.29 is 9.90 Å². The Morgan fingerprint density at radius 1 is 1.40 bits per heavy atom. The van der Waals surface area contributed by atoms with Crippen molar-refractivity contribution in [2.75, 3.05) is 0 Å². The summed E-state index contributed by atoms with van der Waals surface area (Å²) in [6.07, 6.45) is 0.460. The number of aliphatic carboxylic acids is 1. The lowest BCUT2D eigenvalue weighted by atomic mass is 10.1. The molecule has 7 heteroatoms. The highest BCUT2D eigenvalue weighted by molar-refractivity contribution is 7.20. The van der Waals surface area contributed by atoms with Gasteiger partial charge >= 0.3 is 5.97 Å². The van der Waals surface area contributed by atoms with Crippen molar-refractivity contribution in [1.82, 2.24) is 9.55 Å². The minimum atomic E-state index is -0.848. The van der Waals surface area contributed by atoms with E-state index in [9.17, 15) is 9.59 Å². The van der Waals surface area contributed by atoms with Crippen molar-refractivity contribution in [2.24, 2.45) is 0 Å². The highest BCUT2D eigenvalue weighted by Gasteiger charge is 2.21. The molecule has 0 saturated carbocycles. The van der Waals surface area contributed by atoms with Crippen LogP contribution in [0.3, 0.4) is 0 Å². The van der Waals surface area contributed by atoms with Gasteiger partial charge in [0.25, 0.3) is 5.56 Å². The Balaban J connectivity index is 2.21. The van der Waals surface area contributed by atoms with Crippen LogP contribution in [0.4, 0.5) is 0 Å². The van der Waals surface area contributed by atoms with E-state index in [1.54, 1.807) is 27.2 Å². The maximum atomic E-state index is 13.2. The van der Waals surface area contributed by atoms with Gasteiger partial charge in [-0.05, 0) is 24.8 Å². The van der Waals surface area contributed by atoms with Crippen LogP contribution in [0.5, 0.6) is 0 Å². The topological polar surface area (TPSA) is 72.2 Å². The van der Waals surface area contributed by atoms with Crippen LogP contribution in [-0.2, 0) is 11.3 Å². The monoisotopic (exact) mass is 376 g/mol. The van der Waals surface area contributed by atoms with Gasteiger partial charge in [-0.25, -0.2) is 4.98 Å². The normalized spacial score (nSPS) is 11.5. The second kappa shape index (κ2) is 7.09.